The summed E-state index contributed by atoms with van der Waals surface area (Å²) in [5.74, 6) is 0.928. The molecule has 2 unspecified atom stereocenters. The summed E-state index contributed by atoms with van der Waals surface area (Å²) in [7, 11) is 0. The van der Waals surface area contributed by atoms with Gasteiger partial charge in [-0.25, -0.2) is 9.97 Å². The zero-order valence-electron chi connectivity index (χ0n) is 11.3. The molecule has 0 amide bonds. The zero-order valence-corrected chi connectivity index (χ0v) is 12.1. The second-order valence-corrected chi connectivity index (χ2v) is 6.40. The van der Waals surface area contributed by atoms with Crippen molar-refractivity contribution in [2.24, 2.45) is 0 Å². The minimum Gasteiger partial charge on any atom is -0.373 e. The van der Waals surface area contributed by atoms with Gasteiger partial charge in [-0.2, -0.15) is 0 Å². The fourth-order valence-corrected chi connectivity index (χ4v) is 3.95. The highest BCUT2D eigenvalue weighted by Gasteiger charge is 2.32. The Hall–Kier alpha value is -1.24. The molecule has 2 aliphatic rings. The molecule has 6 heteroatoms. The summed E-state index contributed by atoms with van der Waals surface area (Å²) >= 11 is 1.68. The van der Waals surface area contributed by atoms with Crippen LogP contribution in [0.5, 0.6) is 0 Å². The lowest BCUT2D eigenvalue weighted by molar-refractivity contribution is -0.0415. The van der Waals surface area contributed by atoms with Gasteiger partial charge in [0.05, 0.1) is 22.9 Å². The molecule has 0 aromatic carbocycles. The first-order valence-electron chi connectivity index (χ1n) is 7.18. The van der Waals surface area contributed by atoms with E-state index in [4.69, 9.17) is 4.74 Å². The molecule has 2 saturated heterocycles. The lowest BCUT2D eigenvalue weighted by Crippen LogP contribution is -2.48. The van der Waals surface area contributed by atoms with Crippen LogP contribution in [0.15, 0.2) is 17.8 Å². The van der Waals surface area contributed by atoms with E-state index < -0.39 is 0 Å². The molecule has 2 aromatic rings. The van der Waals surface area contributed by atoms with Gasteiger partial charge in [-0.05, 0) is 30.8 Å². The molecule has 2 aromatic heterocycles. The third-order valence-corrected chi connectivity index (χ3v) is 5.11. The number of aromatic nitrogens is 2. The third-order valence-electron chi connectivity index (χ3n) is 4.20. The monoisotopic (exact) mass is 290 g/mol. The maximum Gasteiger partial charge on any atom is 0.147 e. The van der Waals surface area contributed by atoms with Crippen molar-refractivity contribution in [1.29, 1.82) is 0 Å². The lowest BCUT2D eigenvalue weighted by Gasteiger charge is -2.35. The number of hydrogen-bond acceptors (Lipinski definition) is 6. The fraction of sp³-hybridized carbons (Fsp3) is 0.571. The van der Waals surface area contributed by atoms with E-state index in [1.165, 1.54) is 19.4 Å². The summed E-state index contributed by atoms with van der Waals surface area (Å²) in [4.78, 5) is 11.2. The molecule has 2 aliphatic heterocycles. The van der Waals surface area contributed by atoms with Crippen LogP contribution in [0.4, 0.5) is 5.82 Å². The van der Waals surface area contributed by atoms with Crippen LogP contribution < -0.4 is 5.32 Å². The molecule has 1 N–H and O–H groups in total. The van der Waals surface area contributed by atoms with E-state index >= 15 is 0 Å². The second kappa shape index (κ2) is 5.27. The SMILES string of the molecule is c1nc(NCC2CN3CCCC3CO2)c2sccc2n1. The minimum absolute atomic E-state index is 0.259. The maximum atomic E-state index is 5.96. The van der Waals surface area contributed by atoms with Crippen molar-refractivity contribution in [2.75, 3.05) is 31.6 Å². The molecule has 4 heterocycles. The molecule has 0 radical (unpaired) electrons. The van der Waals surface area contributed by atoms with Crippen molar-refractivity contribution in [1.82, 2.24) is 14.9 Å². The molecule has 2 fully saturated rings. The molecule has 20 heavy (non-hydrogen) atoms. The Morgan fingerprint density at radius 2 is 2.45 bits per heavy atom. The molecule has 106 valence electrons. The number of anilines is 1. The van der Waals surface area contributed by atoms with E-state index in [1.807, 2.05) is 6.07 Å². The number of ether oxygens (including phenoxy) is 1. The van der Waals surface area contributed by atoms with Crippen LogP contribution in [-0.4, -0.2) is 53.3 Å². The first kappa shape index (κ1) is 12.5. The number of nitrogens with zero attached hydrogens (tertiary/aromatic N) is 3. The van der Waals surface area contributed by atoms with Gasteiger partial charge in [0.25, 0.3) is 0 Å². The van der Waals surface area contributed by atoms with Crippen LogP contribution in [0.25, 0.3) is 10.2 Å². The van der Waals surface area contributed by atoms with Gasteiger partial charge in [0, 0.05) is 19.1 Å². The Morgan fingerprint density at radius 3 is 3.45 bits per heavy atom. The van der Waals surface area contributed by atoms with Gasteiger partial charge in [-0.15, -0.1) is 11.3 Å². The van der Waals surface area contributed by atoms with Gasteiger partial charge in [0.1, 0.15) is 12.1 Å². The van der Waals surface area contributed by atoms with E-state index in [1.54, 1.807) is 17.7 Å². The lowest BCUT2D eigenvalue weighted by atomic mass is 10.2. The van der Waals surface area contributed by atoms with Gasteiger partial charge in [-0.3, -0.25) is 4.90 Å². The average Bonchev–Trinajstić information content (AvgIpc) is 3.13. The van der Waals surface area contributed by atoms with Crippen LogP contribution in [0.1, 0.15) is 12.8 Å². The van der Waals surface area contributed by atoms with Gasteiger partial charge < -0.3 is 10.1 Å². The van der Waals surface area contributed by atoms with Crippen LogP contribution in [0, 0.1) is 0 Å². The number of morpholine rings is 1. The van der Waals surface area contributed by atoms with Crippen LogP contribution in [0.3, 0.4) is 0 Å². The molecule has 0 saturated carbocycles. The molecule has 5 nitrogen and oxygen atoms in total. The van der Waals surface area contributed by atoms with Gasteiger partial charge in [0.2, 0.25) is 0 Å². The molecular weight excluding hydrogens is 272 g/mol. The van der Waals surface area contributed by atoms with Crippen LogP contribution in [-0.2, 0) is 4.74 Å². The highest BCUT2D eigenvalue weighted by atomic mass is 32.1. The number of hydrogen-bond donors (Lipinski definition) is 1. The van der Waals surface area contributed by atoms with Crippen molar-refractivity contribution in [3.8, 4) is 0 Å². The summed E-state index contributed by atoms with van der Waals surface area (Å²) in [5.41, 5.74) is 1.01. The van der Waals surface area contributed by atoms with Crippen molar-refractivity contribution < 1.29 is 4.74 Å². The number of thiophene rings is 1. The molecule has 4 rings (SSSR count). The Morgan fingerprint density at radius 1 is 1.45 bits per heavy atom. The Balaban J connectivity index is 1.42. The normalized spacial score (nSPS) is 26.8. The number of nitrogens with one attached hydrogen (secondary N) is 1. The van der Waals surface area contributed by atoms with Crippen molar-refractivity contribution in [3.05, 3.63) is 17.8 Å². The van der Waals surface area contributed by atoms with Gasteiger partial charge in [0.15, 0.2) is 0 Å². The zero-order chi connectivity index (χ0) is 13.4. The Bertz CT molecular complexity index is 602. The summed E-state index contributed by atoms with van der Waals surface area (Å²) in [6.07, 6.45) is 4.49. The number of rotatable bonds is 3. The molecule has 0 aliphatic carbocycles. The summed E-state index contributed by atoms with van der Waals surface area (Å²) in [5, 5.41) is 5.48. The van der Waals surface area contributed by atoms with E-state index in [2.05, 4.69) is 25.6 Å². The maximum absolute atomic E-state index is 5.96. The van der Waals surface area contributed by atoms with E-state index in [-0.39, 0.29) is 6.10 Å². The smallest absolute Gasteiger partial charge is 0.147 e. The quantitative estimate of drug-likeness (QED) is 0.936. The molecule has 0 bridgehead atoms. The minimum atomic E-state index is 0.259. The van der Waals surface area contributed by atoms with Gasteiger partial charge >= 0.3 is 0 Å². The Kier molecular flexibility index (Phi) is 3.29. The summed E-state index contributed by atoms with van der Waals surface area (Å²) in [6, 6.07) is 2.69. The Labute approximate surface area is 122 Å². The fourth-order valence-electron chi connectivity index (χ4n) is 3.13. The van der Waals surface area contributed by atoms with E-state index in [0.29, 0.717) is 6.04 Å². The summed E-state index contributed by atoms with van der Waals surface area (Å²) < 4.78 is 7.09. The first-order valence-corrected chi connectivity index (χ1v) is 8.06. The van der Waals surface area contributed by atoms with Crippen molar-refractivity contribution in [3.63, 3.8) is 0 Å². The predicted octanol–water partition coefficient (Wildman–Crippen LogP) is 1.97. The topological polar surface area (TPSA) is 50.3 Å². The highest BCUT2D eigenvalue weighted by molar-refractivity contribution is 7.17. The van der Waals surface area contributed by atoms with Crippen molar-refractivity contribution >= 4 is 27.4 Å². The van der Waals surface area contributed by atoms with E-state index in [0.717, 1.165) is 35.7 Å². The van der Waals surface area contributed by atoms with Gasteiger partial charge in [-0.1, -0.05) is 0 Å². The highest BCUT2D eigenvalue weighted by Crippen LogP contribution is 2.26. The van der Waals surface area contributed by atoms with Crippen LogP contribution >= 0.6 is 11.3 Å². The average molecular weight is 290 g/mol. The van der Waals surface area contributed by atoms with Crippen molar-refractivity contribution in [2.45, 2.75) is 25.0 Å². The molecule has 2 atom stereocenters. The molecular formula is C14H18N4OS. The standard InChI is InChI=1S/C14H18N4OS/c1-2-10-8-19-11(7-18(10)4-1)6-15-14-13-12(3-5-20-13)16-9-17-14/h3,5,9-11H,1-2,4,6-8H2,(H,15,16,17). The largest absolute Gasteiger partial charge is 0.373 e. The predicted molar refractivity (Wildman–Crippen MR) is 80.2 cm³/mol. The third kappa shape index (κ3) is 2.28. The van der Waals surface area contributed by atoms with E-state index in [9.17, 15) is 0 Å². The summed E-state index contributed by atoms with van der Waals surface area (Å²) in [6.45, 7) is 3.96. The second-order valence-electron chi connectivity index (χ2n) is 5.48. The number of fused-ring (bicyclic) bond motifs is 2. The molecule has 0 spiro atoms. The van der Waals surface area contributed by atoms with Crippen LogP contribution in [0.2, 0.25) is 0 Å². The first-order chi connectivity index (χ1) is 9.90.